The fourth-order valence-electron chi connectivity index (χ4n) is 4.36. The summed E-state index contributed by atoms with van der Waals surface area (Å²) in [6.07, 6.45) is 8.86. The highest BCUT2D eigenvalue weighted by Crippen LogP contribution is 2.50. The maximum Gasteiger partial charge on any atom is 0.0551 e. The van der Waals surface area contributed by atoms with Crippen LogP contribution in [0.2, 0.25) is 0 Å². The van der Waals surface area contributed by atoms with Crippen molar-refractivity contribution in [3.8, 4) is 0 Å². The van der Waals surface area contributed by atoms with Crippen LogP contribution in [0.5, 0.6) is 0 Å². The van der Waals surface area contributed by atoms with Crippen molar-refractivity contribution in [2.24, 2.45) is 29.4 Å². The molecule has 0 aromatic heterocycles. The number of hydrogen-bond donors (Lipinski definition) is 1. The molecule has 2 bridgehead atoms. The Morgan fingerprint density at radius 3 is 2.69 bits per heavy atom. The zero-order valence-corrected chi connectivity index (χ0v) is 10.4. The Bertz CT molecular complexity index is 255. The molecule has 0 radical (unpaired) electrons. The van der Waals surface area contributed by atoms with Crippen molar-refractivity contribution in [3.05, 3.63) is 0 Å². The largest absolute Gasteiger partial charge is 0.378 e. The zero-order valence-electron chi connectivity index (χ0n) is 10.4. The van der Waals surface area contributed by atoms with Gasteiger partial charge in [0.25, 0.3) is 0 Å². The molecule has 16 heavy (non-hydrogen) atoms. The lowest BCUT2D eigenvalue weighted by Crippen LogP contribution is -2.34. The average Bonchev–Trinajstić information content (AvgIpc) is 2.92. The number of ether oxygens (including phenoxy) is 1. The van der Waals surface area contributed by atoms with Gasteiger partial charge in [-0.3, -0.25) is 0 Å². The Morgan fingerprint density at radius 1 is 1.25 bits per heavy atom. The number of hydrogen-bond acceptors (Lipinski definition) is 2. The van der Waals surface area contributed by atoms with Gasteiger partial charge in [0.05, 0.1) is 12.7 Å². The van der Waals surface area contributed by atoms with Gasteiger partial charge in [0, 0.05) is 6.04 Å². The van der Waals surface area contributed by atoms with Crippen LogP contribution in [0.1, 0.15) is 45.4 Å². The number of fused-ring (bicyclic) bond motifs is 2. The summed E-state index contributed by atoms with van der Waals surface area (Å²) in [7, 11) is 0. The van der Waals surface area contributed by atoms with Crippen LogP contribution in [-0.2, 0) is 4.74 Å². The summed E-state index contributed by atoms with van der Waals surface area (Å²) in [5.74, 6) is 3.66. The first-order valence-corrected chi connectivity index (χ1v) is 7.09. The van der Waals surface area contributed by atoms with Crippen LogP contribution in [0.4, 0.5) is 0 Å². The number of nitrogens with two attached hydrogens (primary N) is 1. The second-order valence-corrected chi connectivity index (χ2v) is 6.47. The maximum absolute atomic E-state index is 6.37. The molecule has 0 aromatic carbocycles. The summed E-state index contributed by atoms with van der Waals surface area (Å²) in [5.41, 5.74) is 6.37. The fraction of sp³-hybridized carbons (Fsp3) is 1.00. The van der Waals surface area contributed by atoms with E-state index in [4.69, 9.17) is 10.5 Å². The van der Waals surface area contributed by atoms with Crippen LogP contribution in [0.25, 0.3) is 0 Å². The third-order valence-electron chi connectivity index (χ3n) is 5.29. The maximum atomic E-state index is 6.37. The van der Waals surface area contributed by atoms with Gasteiger partial charge >= 0.3 is 0 Å². The molecule has 0 amide bonds. The van der Waals surface area contributed by atoms with Crippen molar-refractivity contribution in [1.82, 2.24) is 0 Å². The van der Waals surface area contributed by atoms with Crippen LogP contribution >= 0.6 is 0 Å². The van der Waals surface area contributed by atoms with E-state index in [1.165, 1.54) is 38.5 Å². The predicted octanol–water partition coefficient (Wildman–Crippen LogP) is 2.57. The molecule has 3 fully saturated rings. The molecular weight excluding hydrogens is 198 g/mol. The zero-order chi connectivity index (χ0) is 11.1. The minimum Gasteiger partial charge on any atom is -0.378 e. The predicted molar refractivity (Wildman–Crippen MR) is 65.1 cm³/mol. The molecule has 0 spiro atoms. The van der Waals surface area contributed by atoms with Crippen LogP contribution in [0.3, 0.4) is 0 Å². The van der Waals surface area contributed by atoms with Crippen molar-refractivity contribution in [2.75, 3.05) is 6.61 Å². The molecule has 2 nitrogen and oxygen atoms in total. The normalized spacial score (nSPS) is 48.8. The van der Waals surface area contributed by atoms with Gasteiger partial charge in [-0.15, -0.1) is 0 Å². The lowest BCUT2D eigenvalue weighted by molar-refractivity contribution is 0.116. The molecule has 1 heterocycles. The summed E-state index contributed by atoms with van der Waals surface area (Å²) >= 11 is 0. The van der Waals surface area contributed by atoms with E-state index >= 15 is 0 Å². The highest BCUT2D eigenvalue weighted by atomic mass is 16.5. The summed E-state index contributed by atoms with van der Waals surface area (Å²) < 4.78 is 5.63. The summed E-state index contributed by atoms with van der Waals surface area (Å²) in [6.45, 7) is 3.08. The fourth-order valence-corrected chi connectivity index (χ4v) is 4.36. The molecule has 1 saturated heterocycles. The smallest absolute Gasteiger partial charge is 0.0551 e. The van der Waals surface area contributed by atoms with Gasteiger partial charge < -0.3 is 10.5 Å². The molecule has 1 aliphatic heterocycles. The van der Waals surface area contributed by atoms with Crippen LogP contribution in [0.15, 0.2) is 0 Å². The molecule has 2 N–H and O–H groups in total. The van der Waals surface area contributed by atoms with E-state index in [0.29, 0.717) is 18.1 Å². The van der Waals surface area contributed by atoms with Gasteiger partial charge in [0.2, 0.25) is 0 Å². The van der Waals surface area contributed by atoms with Crippen LogP contribution in [0, 0.1) is 23.7 Å². The standard InChI is InChI=1S/C14H25NO/c1-9-4-13(8-16-9)14(15)7-12-6-10-2-3-11(12)5-10/h9-14H,2-8,15H2,1H3. The lowest BCUT2D eigenvalue weighted by atomic mass is 9.81. The van der Waals surface area contributed by atoms with E-state index in [9.17, 15) is 0 Å². The first-order valence-electron chi connectivity index (χ1n) is 7.09. The van der Waals surface area contributed by atoms with Crippen molar-refractivity contribution >= 4 is 0 Å². The molecule has 2 aliphatic carbocycles. The quantitative estimate of drug-likeness (QED) is 0.798. The van der Waals surface area contributed by atoms with Crippen molar-refractivity contribution in [3.63, 3.8) is 0 Å². The monoisotopic (exact) mass is 223 g/mol. The highest BCUT2D eigenvalue weighted by molar-refractivity contribution is 4.93. The summed E-state index contributed by atoms with van der Waals surface area (Å²) in [6, 6.07) is 0.397. The highest BCUT2D eigenvalue weighted by Gasteiger charge is 2.41. The minimum atomic E-state index is 0.397. The van der Waals surface area contributed by atoms with Crippen molar-refractivity contribution in [1.29, 1.82) is 0 Å². The second kappa shape index (κ2) is 4.30. The van der Waals surface area contributed by atoms with E-state index in [0.717, 1.165) is 24.4 Å². The van der Waals surface area contributed by atoms with Gasteiger partial charge in [-0.25, -0.2) is 0 Å². The van der Waals surface area contributed by atoms with Crippen LogP contribution in [-0.4, -0.2) is 18.8 Å². The third-order valence-corrected chi connectivity index (χ3v) is 5.29. The summed E-state index contributed by atoms with van der Waals surface area (Å²) in [4.78, 5) is 0. The van der Waals surface area contributed by atoms with Crippen LogP contribution < -0.4 is 5.73 Å². The Balaban J connectivity index is 1.51. The molecule has 6 atom stereocenters. The van der Waals surface area contributed by atoms with Gasteiger partial charge in [-0.1, -0.05) is 6.42 Å². The number of rotatable bonds is 3. The minimum absolute atomic E-state index is 0.397. The van der Waals surface area contributed by atoms with Gasteiger partial charge in [0.1, 0.15) is 0 Å². The Kier molecular flexibility index (Phi) is 2.97. The lowest BCUT2D eigenvalue weighted by Gasteiger charge is -2.27. The topological polar surface area (TPSA) is 35.2 Å². The molecule has 92 valence electrons. The molecule has 3 aliphatic rings. The Hall–Kier alpha value is -0.0800. The van der Waals surface area contributed by atoms with Gasteiger partial charge in [-0.2, -0.15) is 0 Å². The Morgan fingerprint density at radius 2 is 2.12 bits per heavy atom. The molecular formula is C14H25NO. The molecule has 2 heteroatoms. The van der Waals surface area contributed by atoms with Crippen molar-refractivity contribution < 1.29 is 4.74 Å². The van der Waals surface area contributed by atoms with Gasteiger partial charge in [0.15, 0.2) is 0 Å². The first-order chi connectivity index (χ1) is 7.72. The van der Waals surface area contributed by atoms with E-state index in [1.54, 1.807) is 0 Å². The van der Waals surface area contributed by atoms with E-state index in [1.807, 2.05) is 0 Å². The Labute approximate surface area is 98.9 Å². The first kappa shape index (κ1) is 11.0. The molecule has 2 saturated carbocycles. The summed E-state index contributed by atoms with van der Waals surface area (Å²) in [5, 5.41) is 0. The SMILES string of the molecule is CC1CC(C(N)CC2CC3CCC2C3)CO1. The molecule has 0 aromatic rings. The van der Waals surface area contributed by atoms with E-state index in [2.05, 4.69) is 6.92 Å². The molecule has 6 unspecified atom stereocenters. The second-order valence-electron chi connectivity index (χ2n) is 6.47. The van der Waals surface area contributed by atoms with E-state index < -0.39 is 0 Å². The van der Waals surface area contributed by atoms with Crippen molar-refractivity contribution in [2.45, 2.75) is 57.6 Å². The average molecular weight is 223 g/mol. The van der Waals surface area contributed by atoms with Gasteiger partial charge in [-0.05, 0) is 62.7 Å². The van der Waals surface area contributed by atoms with E-state index in [-0.39, 0.29) is 0 Å². The molecule has 3 rings (SSSR count). The third kappa shape index (κ3) is 2.02.